The molecule has 6 heteroatoms. The molecular weight excluding hydrogens is 362 g/mol. The Labute approximate surface area is 171 Å². The van der Waals surface area contributed by atoms with E-state index in [2.05, 4.69) is 15.6 Å². The van der Waals surface area contributed by atoms with Crippen molar-refractivity contribution in [3.8, 4) is 0 Å². The third-order valence-electron chi connectivity index (χ3n) is 6.31. The highest BCUT2D eigenvalue weighted by atomic mass is 16.2. The first-order valence-corrected chi connectivity index (χ1v) is 10.7. The summed E-state index contributed by atoms with van der Waals surface area (Å²) < 4.78 is 0. The number of hydrogen-bond donors (Lipinski definition) is 2. The van der Waals surface area contributed by atoms with E-state index >= 15 is 0 Å². The number of amidine groups is 1. The Bertz CT molecular complexity index is 922. The van der Waals surface area contributed by atoms with Crippen molar-refractivity contribution >= 4 is 23.2 Å². The monoisotopic (exact) mass is 389 g/mol. The lowest BCUT2D eigenvalue weighted by molar-refractivity contribution is 0.0694. The Balaban J connectivity index is 1.48. The molecule has 2 aromatic rings. The molecule has 150 valence electrons. The molecule has 1 aromatic carbocycles. The van der Waals surface area contributed by atoms with E-state index in [1.54, 1.807) is 6.20 Å². The van der Waals surface area contributed by atoms with Crippen LogP contribution in [0.4, 0.5) is 11.5 Å². The second-order valence-corrected chi connectivity index (χ2v) is 8.34. The summed E-state index contributed by atoms with van der Waals surface area (Å²) in [5.74, 6) is 1.85. The summed E-state index contributed by atoms with van der Waals surface area (Å²) in [6.07, 6.45) is 8.45. The minimum absolute atomic E-state index is 0.0867. The van der Waals surface area contributed by atoms with Crippen LogP contribution in [-0.2, 0) is 0 Å². The number of rotatable bonds is 2. The van der Waals surface area contributed by atoms with Gasteiger partial charge in [0.25, 0.3) is 5.91 Å². The molecule has 1 amide bonds. The Hall–Kier alpha value is -2.89. The zero-order chi connectivity index (χ0) is 19.7. The molecule has 0 unspecified atom stereocenters. The summed E-state index contributed by atoms with van der Waals surface area (Å²) in [5.41, 5.74) is 1.33. The van der Waals surface area contributed by atoms with Crippen molar-refractivity contribution in [3.05, 3.63) is 54.2 Å². The maximum atomic E-state index is 13.1. The van der Waals surface area contributed by atoms with Gasteiger partial charge in [-0.3, -0.25) is 9.79 Å². The molecule has 1 saturated carbocycles. The fourth-order valence-electron chi connectivity index (χ4n) is 4.81. The highest BCUT2D eigenvalue weighted by molar-refractivity contribution is 6.09. The lowest BCUT2D eigenvalue weighted by Gasteiger charge is -2.47. The molecule has 2 N–H and O–H groups in total. The van der Waals surface area contributed by atoms with Crippen LogP contribution >= 0.6 is 0 Å². The molecule has 1 aliphatic carbocycles. The highest BCUT2D eigenvalue weighted by Crippen LogP contribution is 2.36. The number of pyridine rings is 1. The number of likely N-dealkylation sites (tertiary alicyclic amines) is 1. The molecule has 3 heterocycles. The lowest BCUT2D eigenvalue weighted by atomic mass is 9.85. The van der Waals surface area contributed by atoms with Crippen molar-refractivity contribution in [1.29, 1.82) is 0 Å². The van der Waals surface area contributed by atoms with E-state index in [1.165, 1.54) is 12.8 Å². The zero-order valence-electron chi connectivity index (χ0n) is 16.6. The van der Waals surface area contributed by atoms with Gasteiger partial charge < -0.3 is 15.5 Å². The fourth-order valence-corrected chi connectivity index (χ4v) is 4.81. The third kappa shape index (κ3) is 3.48. The van der Waals surface area contributed by atoms with Crippen LogP contribution in [0.3, 0.4) is 0 Å². The second kappa shape index (κ2) is 7.50. The highest BCUT2D eigenvalue weighted by Gasteiger charge is 2.45. The minimum atomic E-state index is -0.388. The summed E-state index contributed by atoms with van der Waals surface area (Å²) in [5, 5.41) is 7.25. The van der Waals surface area contributed by atoms with Gasteiger partial charge in [0, 0.05) is 18.3 Å². The number of amides is 1. The van der Waals surface area contributed by atoms with Crippen LogP contribution < -0.4 is 10.6 Å². The number of hydrogen-bond acceptors (Lipinski definition) is 4. The number of carbonyl (C=O) groups excluding carboxylic acids is 1. The number of piperidine rings is 1. The molecule has 2 fully saturated rings. The molecule has 1 saturated heterocycles. The predicted octanol–water partition coefficient (Wildman–Crippen LogP) is 3.94. The first kappa shape index (κ1) is 18.2. The smallest absolute Gasteiger partial charge is 0.253 e. The summed E-state index contributed by atoms with van der Waals surface area (Å²) in [4.78, 5) is 24.8. The number of nitrogens with one attached hydrogen (secondary N) is 2. The van der Waals surface area contributed by atoms with Crippen molar-refractivity contribution in [2.45, 2.75) is 50.1 Å². The molecule has 3 aliphatic rings. The molecule has 1 aromatic heterocycles. The number of aromatic nitrogens is 1. The van der Waals surface area contributed by atoms with Crippen LogP contribution in [0.1, 0.15) is 48.9 Å². The number of aliphatic imine (C=N–C) groups is 1. The molecule has 1 atom stereocenters. The SMILES string of the molecule is O=C(c1ccccc1)N1CCC[C@@]2(C1)Nc1cccnc1NC2=NC1CCCC1. The van der Waals surface area contributed by atoms with Gasteiger partial charge in [-0.25, -0.2) is 4.98 Å². The van der Waals surface area contributed by atoms with Crippen molar-refractivity contribution in [1.82, 2.24) is 9.88 Å². The van der Waals surface area contributed by atoms with Crippen molar-refractivity contribution < 1.29 is 4.79 Å². The van der Waals surface area contributed by atoms with Gasteiger partial charge in [0.1, 0.15) is 11.4 Å². The largest absolute Gasteiger partial charge is 0.368 e. The predicted molar refractivity (Wildman–Crippen MR) is 115 cm³/mol. The van der Waals surface area contributed by atoms with Gasteiger partial charge in [0.15, 0.2) is 5.82 Å². The second-order valence-electron chi connectivity index (χ2n) is 8.34. The van der Waals surface area contributed by atoms with E-state index < -0.39 is 0 Å². The van der Waals surface area contributed by atoms with Gasteiger partial charge in [-0.05, 0) is 49.9 Å². The van der Waals surface area contributed by atoms with Crippen LogP contribution in [0.25, 0.3) is 0 Å². The Morgan fingerprint density at radius 3 is 2.76 bits per heavy atom. The number of fused-ring (bicyclic) bond motifs is 1. The standard InChI is InChI=1S/C23H27N5O/c29-21(17-8-2-1-3-9-17)28-15-7-13-23(16-28)22(25-18-10-4-5-11-18)26-20-19(27-23)12-6-14-24-20/h1-3,6,8-9,12,14,18,27H,4-5,7,10-11,13,15-16H2,(H,24,25,26)/t23-/m0/s1. The number of anilines is 2. The molecule has 0 bridgehead atoms. The fraction of sp³-hybridized carbons (Fsp3) is 0.435. The quantitative estimate of drug-likeness (QED) is 0.816. The summed E-state index contributed by atoms with van der Waals surface area (Å²) in [6.45, 7) is 1.38. The summed E-state index contributed by atoms with van der Waals surface area (Å²) in [7, 11) is 0. The van der Waals surface area contributed by atoms with Gasteiger partial charge in [-0.2, -0.15) is 0 Å². The maximum Gasteiger partial charge on any atom is 0.253 e. The molecule has 1 spiro atoms. The van der Waals surface area contributed by atoms with E-state index in [4.69, 9.17) is 4.99 Å². The molecule has 6 nitrogen and oxygen atoms in total. The summed E-state index contributed by atoms with van der Waals surface area (Å²) >= 11 is 0. The lowest BCUT2D eigenvalue weighted by Crippen LogP contribution is -2.62. The molecular formula is C23H27N5O. The first-order valence-electron chi connectivity index (χ1n) is 10.7. The van der Waals surface area contributed by atoms with E-state index in [-0.39, 0.29) is 11.4 Å². The van der Waals surface area contributed by atoms with Gasteiger partial charge in [0.2, 0.25) is 0 Å². The van der Waals surface area contributed by atoms with Crippen LogP contribution in [-0.4, -0.2) is 46.3 Å². The number of carbonyl (C=O) groups is 1. The van der Waals surface area contributed by atoms with E-state index in [0.29, 0.717) is 12.6 Å². The molecule has 2 aliphatic heterocycles. The van der Waals surface area contributed by atoms with E-state index in [9.17, 15) is 4.79 Å². The van der Waals surface area contributed by atoms with Gasteiger partial charge in [-0.15, -0.1) is 0 Å². The average molecular weight is 390 g/mol. The average Bonchev–Trinajstić information content (AvgIpc) is 3.28. The molecule has 5 rings (SSSR count). The zero-order valence-corrected chi connectivity index (χ0v) is 16.6. The van der Waals surface area contributed by atoms with E-state index in [0.717, 1.165) is 55.1 Å². The van der Waals surface area contributed by atoms with Gasteiger partial charge in [-0.1, -0.05) is 31.0 Å². The molecule has 0 radical (unpaired) electrons. The minimum Gasteiger partial charge on any atom is -0.368 e. The van der Waals surface area contributed by atoms with E-state index in [1.807, 2.05) is 47.4 Å². The molecule has 29 heavy (non-hydrogen) atoms. The van der Waals surface area contributed by atoms with Crippen LogP contribution in [0.2, 0.25) is 0 Å². The van der Waals surface area contributed by atoms with Crippen molar-refractivity contribution in [2.75, 3.05) is 23.7 Å². The normalized spacial score (nSPS) is 25.5. The van der Waals surface area contributed by atoms with Crippen LogP contribution in [0, 0.1) is 0 Å². The van der Waals surface area contributed by atoms with Crippen molar-refractivity contribution in [2.24, 2.45) is 4.99 Å². The van der Waals surface area contributed by atoms with Crippen LogP contribution in [0.5, 0.6) is 0 Å². The number of nitrogens with zero attached hydrogens (tertiary/aromatic N) is 3. The van der Waals surface area contributed by atoms with Crippen LogP contribution in [0.15, 0.2) is 53.7 Å². The Morgan fingerprint density at radius 2 is 1.93 bits per heavy atom. The third-order valence-corrected chi connectivity index (χ3v) is 6.31. The number of benzene rings is 1. The first-order chi connectivity index (χ1) is 14.2. The Kier molecular flexibility index (Phi) is 4.70. The Morgan fingerprint density at radius 1 is 1.10 bits per heavy atom. The van der Waals surface area contributed by atoms with Crippen molar-refractivity contribution in [3.63, 3.8) is 0 Å². The van der Waals surface area contributed by atoms with Gasteiger partial charge in [0.05, 0.1) is 18.3 Å². The van der Waals surface area contributed by atoms with Gasteiger partial charge >= 0.3 is 0 Å². The summed E-state index contributed by atoms with van der Waals surface area (Å²) in [6, 6.07) is 13.9. The topological polar surface area (TPSA) is 69.6 Å². The maximum absolute atomic E-state index is 13.1.